The molecule has 3 nitrogen and oxygen atoms in total. The number of hydrogen-bond acceptors (Lipinski definition) is 4. The first-order chi connectivity index (χ1) is 8.70. The van der Waals surface area contributed by atoms with E-state index in [1.54, 1.807) is 0 Å². The summed E-state index contributed by atoms with van der Waals surface area (Å²) < 4.78 is 5.44. The van der Waals surface area contributed by atoms with E-state index in [1.165, 1.54) is 22.0 Å². The summed E-state index contributed by atoms with van der Waals surface area (Å²) in [6, 6.07) is 0. The summed E-state index contributed by atoms with van der Waals surface area (Å²) in [6.45, 7) is 10.4. The lowest BCUT2D eigenvalue weighted by Crippen LogP contribution is -2.12. The van der Waals surface area contributed by atoms with E-state index >= 15 is 0 Å². The highest BCUT2D eigenvalue weighted by molar-refractivity contribution is 7.11. The van der Waals surface area contributed by atoms with Crippen molar-refractivity contribution in [2.24, 2.45) is 5.92 Å². The van der Waals surface area contributed by atoms with Crippen LogP contribution in [-0.2, 0) is 17.7 Å². The molecular weight excluding hydrogens is 244 g/mol. The number of aromatic nitrogens is 1. The molecule has 2 rings (SSSR count). The van der Waals surface area contributed by atoms with E-state index in [2.05, 4.69) is 26.1 Å². The Morgan fingerprint density at radius 1 is 1.50 bits per heavy atom. The van der Waals surface area contributed by atoms with Gasteiger partial charge in [0.1, 0.15) is 0 Å². The fourth-order valence-corrected chi connectivity index (χ4v) is 3.62. The summed E-state index contributed by atoms with van der Waals surface area (Å²) >= 11 is 1.89. The topological polar surface area (TPSA) is 34.1 Å². The zero-order valence-electron chi connectivity index (χ0n) is 11.7. The molecule has 0 aromatic carbocycles. The number of thiazole rings is 1. The molecule has 0 radical (unpaired) electrons. The first-order valence-electron chi connectivity index (χ1n) is 6.97. The maximum Gasteiger partial charge on any atom is 0.0935 e. The second-order valence-corrected chi connectivity index (χ2v) is 6.45. The molecule has 1 aliphatic heterocycles. The van der Waals surface area contributed by atoms with Crippen molar-refractivity contribution in [2.45, 2.75) is 46.1 Å². The number of ether oxygens (including phenoxy) is 1. The molecule has 1 aliphatic rings. The van der Waals surface area contributed by atoms with Crippen molar-refractivity contribution in [1.82, 2.24) is 10.3 Å². The van der Waals surface area contributed by atoms with E-state index in [0.29, 0.717) is 11.8 Å². The van der Waals surface area contributed by atoms with Crippen LogP contribution < -0.4 is 5.32 Å². The van der Waals surface area contributed by atoms with Crippen LogP contribution in [0.3, 0.4) is 0 Å². The number of hydrogen-bond donors (Lipinski definition) is 1. The van der Waals surface area contributed by atoms with Crippen molar-refractivity contribution in [3.8, 4) is 0 Å². The Morgan fingerprint density at radius 3 is 2.94 bits per heavy atom. The van der Waals surface area contributed by atoms with Crippen LogP contribution >= 0.6 is 11.3 Å². The summed E-state index contributed by atoms with van der Waals surface area (Å²) in [5.74, 6) is 1.20. The van der Waals surface area contributed by atoms with Gasteiger partial charge in [-0.15, -0.1) is 11.3 Å². The lowest BCUT2D eigenvalue weighted by Gasteiger charge is -2.05. The van der Waals surface area contributed by atoms with Crippen molar-refractivity contribution in [3.05, 3.63) is 15.6 Å². The molecule has 4 heteroatoms. The van der Waals surface area contributed by atoms with E-state index in [4.69, 9.17) is 9.72 Å². The fourth-order valence-electron chi connectivity index (χ4n) is 2.31. The Kier molecular flexibility index (Phi) is 5.15. The summed E-state index contributed by atoms with van der Waals surface area (Å²) in [5.41, 5.74) is 1.29. The zero-order chi connectivity index (χ0) is 13.0. The average molecular weight is 268 g/mol. The van der Waals surface area contributed by atoms with Crippen LogP contribution in [-0.4, -0.2) is 24.7 Å². The first-order valence-corrected chi connectivity index (χ1v) is 7.79. The molecule has 1 aromatic rings. The minimum absolute atomic E-state index is 0.517. The molecule has 0 bridgehead atoms. The molecular formula is C14H24N2OS. The van der Waals surface area contributed by atoms with Gasteiger partial charge in [0.15, 0.2) is 0 Å². The Bertz CT molecular complexity index is 370. The quantitative estimate of drug-likeness (QED) is 0.861. The number of rotatable bonds is 6. The predicted octanol–water partition coefficient (Wildman–Crippen LogP) is 2.96. The van der Waals surface area contributed by atoms with Gasteiger partial charge in [-0.05, 0) is 24.8 Å². The molecule has 0 saturated carbocycles. The Morgan fingerprint density at radius 2 is 2.33 bits per heavy atom. The normalized spacial score (nSPS) is 19.9. The standard InChI is InChI=1S/C14H24N2OS/c1-4-15-8-12-14(10(2)3)16-13(18-12)7-11-5-6-17-9-11/h10-11,15H,4-9H2,1-3H3. The fraction of sp³-hybridized carbons (Fsp3) is 0.786. The van der Waals surface area contributed by atoms with Gasteiger partial charge in [-0.25, -0.2) is 4.98 Å². The molecule has 0 aliphatic carbocycles. The smallest absolute Gasteiger partial charge is 0.0935 e. The zero-order valence-corrected chi connectivity index (χ0v) is 12.5. The molecule has 1 unspecified atom stereocenters. The highest BCUT2D eigenvalue weighted by Gasteiger charge is 2.20. The molecule has 2 heterocycles. The minimum Gasteiger partial charge on any atom is -0.381 e. The van der Waals surface area contributed by atoms with Crippen LogP contribution in [0.2, 0.25) is 0 Å². The lowest BCUT2D eigenvalue weighted by atomic mass is 10.1. The van der Waals surface area contributed by atoms with E-state index in [0.717, 1.165) is 32.7 Å². The third-order valence-corrected chi connectivity index (χ3v) is 4.44. The second kappa shape index (κ2) is 6.64. The van der Waals surface area contributed by atoms with Crippen molar-refractivity contribution in [2.75, 3.05) is 19.8 Å². The average Bonchev–Trinajstić information content (AvgIpc) is 2.96. The summed E-state index contributed by atoms with van der Waals surface area (Å²) in [7, 11) is 0. The highest BCUT2D eigenvalue weighted by atomic mass is 32.1. The molecule has 1 atom stereocenters. The van der Waals surface area contributed by atoms with Crippen molar-refractivity contribution >= 4 is 11.3 Å². The van der Waals surface area contributed by atoms with Crippen LogP contribution in [0.5, 0.6) is 0 Å². The maximum atomic E-state index is 5.44. The van der Waals surface area contributed by atoms with Gasteiger partial charge in [0.25, 0.3) is 0 Å². The van der Waals surface area contributed by atoms with E-state index < -0.39 is 0 Å². The molecule has 1 N–H and O–H groups in total. The number of nitrogens with one attached hydrogen (secondary N) is 1. The largest absolute Gasteiger partial charge is 0.381 e. The molecule has 102 valence electrons. The third-order valence-electron chi connectivity index (χ3n) is 3.34. The SMILES string of the molecule is CCNCc1sc(CC2CCOC2)nc1C(C)C. The van der Waals surface area contributed by atoms with E-state index in [9.17, 15) is 0 Å². The third kappa shape index (κ3) is 3.53. The molecule has 1 aromatic heterocycles. The molecule has 18 heavy (non-hydrogen) atoms. The minimum atomic E-state index is 0.517. The number of nitrogens with zero attached hydrogens (tertiary/aromatic N) is 1. The van der Waals surface area contributed by atoms with Gasteiger partial charge in [-0.1, -0.05) is 20.8 Å². The van der Waals surface area contributed by atoms with Gasteiger partial charge in [0, 0.05) is 31.1 Å². The van der Waals surface area contributed by atoms with Gasteiger partial charge < -0.3 is 10.1 Å². The predicted molar refractivity (Wildman–Crippen MR) is 76.2 cm³/mol. The second-order valence-electron chi connectivity index (χ2n) is 5.28. The van der Waals surface area contributed by atoms with Crippen LogP contribution in [0, 0.1) is 5.92 Å². The Hall–Kier alpha value is -0.450. The molecule has 0 spiro atoms. The van der Waals surface area contributed by atoms with Gasteiger partial charge in [-0.2, -0.15) is 0 Å². The lowest BCUT2D eigenvalue weighted by molar-refractivity contribution is 0.186. The molecule has 1 fully saturated rings. The Labute approximate surface area is 114 Å². The van der Waals surface area contributed by atoms with Crippen molar-refractivity contribution < 1.29 is 4.74 Å². The van der Waals surface area contributed by atoms with Crippen LogP contribution in [0.25, 0.3) is 0 Å². The monoisotopic (exact) mass is 268 g/mol. The van der Waals surface area contributed by atoms with Crippen LogP contribution in [0.15, 0.2) is 0 Å². The molecule has 1 saturated heterocycles. The van der Waals surface area contributed by atoms with Gasteiger partial charge in [0.05, 0.1) is 10.7 Å². The van der Waals surface area contributed by atoms with Crippen LogP contribution in [0.4, 0.5) is 0 Å². The maximum absolute atomic E-state index is 5.44. The summed E-state index contributed by atoms with van der Waals surface area (Å²) in [5, 5.41) is 4.71. The summed E-state index contributed by atoms with van der Waals surface area (Å²) in [4.78, 5) is 6.27. The van der Waals surface area contributed by atoms with E-state index in [-0.39, 0.29) is 0 Å². The molecule has 0 amide bonds. The van der Waals surface area contributed by atoms with Crippen LogP contribution in [0.1, 0.15) is 48.7 Å². The van der Waals surface area contributed by atoms with Gasteiger partial charge in [-0.3, -0.25) is 0 Å². The van der Waals surface area contributed by atoms with Gasteiger partial charge >= 0.3 is 0 Å². The van der Waals surface area contributed by atoms with Crippen molar-refractivity contribution in [3.63, 3.8) is 0 Å². The summed E-state index contributed by atoms with van der Waals surface area (Å²) in [6.07, 6.45) is 2.29. The van der Waals surface area contributed by atoms with Crippen molar-refractivity contribution in [1.29, 1.82) is 0 Å². The Balaban J connectivity index is 2.05. The first kappa shape index (κ1) is 14.0. The van der Waals surface area contributed by atoms with Gasteiger partial charge in [0.2, 0.25) is 0 Å². The van der Waals surface area contributed by atoms with E-state index in [1.807, 2.05) is 11.3 Å². The highest BCUT2D eigenvalue weighted by Crippen LogP contribution is 2.28.